The van der Waals surface area contributed by atoms with E-state index in [0.29, 0.717) is 41.1 Å². The Hall–Kier alpha value is -2.04. The largest absolute Gasteiger partial charge is 0.490 e. The number of Topliss-reactive ketones (excluding diaryl/α,β-unsaturated/α-hetero) is 1. The number of carbonyl (C=O) groups excluding carboxylic acids is 1. The minimum Gasteiger partial charge on any atom is -0.490 e. The molecule has 26 heavy (non-hydrogen) atoms. The molecule has 6 heteroatoms. The van der Waals surface area contributed by atoms with E-state index in [0.717, 1.165) is 35.4 Å². The predicted molar refractivity (Wildman–Crippen MR) is 103 cm³/mol. The fraction of sp³-hybridized carbons (Fsp3) is 0.300. The van der Waals surface area contributed by atoms with Gasteiger partial charge in [0.1, 0.15) is 0 Å². The molecular formula is C20H17Cl2NO3. The van der Waals surface area contributed by atoms with Gasteiger partial charge in [0.15, 0.2) is 17.3 Å². The van der Waals surface area contributed by atoms with Gasteiger partial charge >= 0.3 is 0 Å². The average molecular weight is 390 g/mol. The molecule has 0 radical (unpaired) electrons. The zero-order valence-corrected chi connectivity index (χ0v) is 15.6. The van der Waals surface area contributed by atoms with Crippen molar-refractivity contribution in [1.82, 2.24) is 0 Å². The standard InChI is InChI=1S/C20H17Cl2NO3/c21-14-6-13(7-15(22)9-14)18(24)11-17-16-10-20-19(25-4-1-5-26-20)8-12(16)2-3-23-17/h6-10H,1-5,11H2. The quantitative estimate of drug-likeness (QED) is 0.710. The summed E-state index contributed by atoms with van der Waals surface area (Å²) in [6.45, 7) is 1.94. The van der Waals surface area contributed by atoms with E-state index >= 15 is 0 Å². The van der Waals surface area contributed by atoms with Crippen molar-refractivity contribution in [1.29, 1.82) is 0 Å². The van der Waals surface area contributed by atoms with E-state index in [1.807, 2.05) is 12.1 Å². The maximum atomic E-state index is 12.7. The van der Waals surface area contributed by atoms with Crippen molar-refractivity contribution < 1.29 is 14.3 Å². The van der Waals surface area contributed by atoms with E-state index in [2.05, 4.69) is 4.99 Å². The van der Waals surface area contributed by atoms with Crippen LogP contribution in [0.15, 0.2) is 35.3 Å². The molecule has 0 aromatic heterocycles. The minimum absolute atomic E-state index is 0.0619. The second kappa shape index (κ2) is 7.29. The molecule has 4 nitrogen and oxygen atoms in total. The number of halogens is 2. The Labute approximate surface area is 161 Å². The zero-order valence-electron chi connectivity index (χ0n) is 14.1. The summed E-state index contributed by atoms with van der Waals surface area (Å²) in [7, 11) is 0. The van der Waals surface area contributed by atoms with Gasteiger partial charge in [0.2, 0.25) is 0 Å². The van der Waals surface area contributed by atoms with Gasteiger partial charge in [-0.1, -0.05) is 23.2 Å². The molecule has 2 aliphatic rings. The highest BCUT2D eigenvalue weighted by Gasteiger charge is 2.22. The normalized spacial score (nSPS) is 15.7. The van der Waals surface area contributed by atoms with E-state index in [4.69, 9.17) is 32.7 Å². The van der Waals surface area contributed by atoms with Crippen LogP contribution >= 0.6 is 23.2 Å². The smallest absolute Gasteiger partial charge is 0.168 e. The molecule has 0 amide bonds. The summed E-state index contributed by atoms with van der Waals surface area (Å²) in [5.74, 6) is 1.43. The molecule has 134 valence electrons. The first-order valence-electron chi connectivity index (χ1n) is 8.55. The molecule has 0 spiro atoms. The van der Waals surface area contributed by atoms with Crippen LogP contribution in [0.3, 0.4) is 0 Å². The maximum absolute atomic E-state index is 12.7. The topological polar surface area (TPSA) is 47.9 Å². The van der Waals surface area contributed by atoms with Crippen LogP contribution < -0.4 is 9.47 Å². The molecule has 2 aliphatic heterocycles. The Morgan fingerprint density at radius 1 is 1.00 bits per heavy atom. The van der Waals surface area contributed by atoms with E-state index < -0.39 is 0 Å². The highest BCUT2D eigenvalue weighted by atomic mass is 35.5. The first kappa shape index (κ1) is 17.4. The van der Waals surface area contributed by atoms with Crippen LogP contribution in [0, 0.1) is 0 Å². The molecule has 0 fully saturated rings. The fourth-order valence-corrected chi connectivity index (χ4v) is 3.77. The molecule has 0 N–H and O–H groups in total. The Bertz CT molecular complexity index is 888. The Kier molecular flexibility index (Phi) is 4.88. The van der Waals surface area contributed by atoms with Gasteiger partial charge in [0, 0.05) is 34.1 Å². The highest BCUT2D eigenvalue weighted by Crippen LogP contribution is 2.35. The van der Waals surface area contributed by atoms with Crippen LogP contribution in [0.5, 0.6) is 11.5 Å². The SMILES string of the molecule is O=C(CC1=NCCc2cc3c(cc21)OCCCO3)c1cc(Cl)cc(Cl)c1. The van der Waals surface area contributed by atoms with Crippen molar-refractivity contribution in [3.05, 3.63) is 57.1 Å². The molecule has 2 heterocycles. The number of hydrogen-bond acceptors (Lipinski definition) is 4. The first-order chi connectivity index (χ1) is 12.6. The zero-order chi connectivity index (χ0) is 18.1. The third-order valence-corrected chi connectivity index (χ3v) is 4.92. The monoisotopic (exact) mass is 389 g/mol. The van der Waals surface area contributed by atoms with E-state index in [1.54, 1.807) is 18.2 Å². The van der Waals surface area contributed by atoms with Gasteiger partial charge in [-0.15, -0.1) is 0 Å². The number of carbonyl (C=O) groups is 1. The first-order valence-corrected chi connectivity index (χ1v) is 9.31. The van der Waals surface area contributed by atoms with Crippen molar-refractivity contribution in [2.45, 2.75) is 19.3 Å². The van der Waals surface area contributed by atoms with Crippen LogP contribution in [0.4, 0.5) is 0 Å². The number of hydrogen-bond donors (Lipinski definition) is 0. The molecule has 0 bridgehead atoms. The molecular weight excluding hydrogens is 373 g/mol. The fourth-order valence-electron chi connectivity index (χ4n) is 3.24. The lowest BCUT2D eigenvalue weighted by Gasteiger charge is -2.19. The van der Waals surface area contributed by atoms with Gasteiger partial charge in [-0.05, 0) is 42.3 Å². The summed E-state index contributed by atoms with van der Waals surface area (Å²) in [6, 6.07) is 8.85. The van der Waals surface area contributed by atoms with E-state index in [1.165, 1.54) is 0 Å². The van der Waals surface area contributed by atoms with Crippen LogP contribution in [0.2, 0.25) is 10.0 Å². The predicted octanol–water partition coefficient (Wildman–Crippen LogP) is 4.77. The number of benzene rings is 2. The van der Waals surface area contributed by atoms with Crippen LogP contribution in [0.25, 0.3) is 0 Å². The Balaban J connectivity index is 1.63. The summed E-state index contributed by atoms with van der Waals surface area (Å²) in [5, 5.41) is 0.894. The number of ether oxygens (including phenoxy) is 2. The molecule has 0 atom stereocenters. The van der Waals surface area contributed by atoms with Crippen molar-refractivity contribution in [3.8, 4) is 11.5 Å². The number of nitrogens with zero attached hydrogens (tertiary/aromatic N) is 1. The molecule has 0 saturated carbocycles. The summed E-state index contributed by atoms with van der Waals surface area (Å²) in [6.07, 6.45) is 1.88. The summed E-state index contributed by atoms with van der Waals surface area (Å²) in [5.41, 5.74) is 3.35. The van der Waals surface area contributed by atoms with Gasteiger partial charge in [0.05, 0.1) is 25.3 Å². The van der Waals surface area contributed by atoms with Crippen molar-refractivity contribution in [2.75, 3.05) is 19.8 Å². The number of ketones is 1. The number of rotatable bonds is 3. The number of aliphatic imine (C=N–C) groups is 1. The second-order valence-electron chi connectivity index (χ2n) is 6.34. The van der Waals surface area contributed by atoms with Crippen molar-refractivity contribution in [3.63, 3.8) is 0 Å². The maximum Gasteiger partial charge on any atom is 0.168 e. The molecule has 0 aliphatic carbocycles. The molecule has 2 aromatic rings. The summed E-state index contributed by atoms with van der Waals surface area (Å²) in [4.78, 5) is 17.3. The van der Waals surface area contributed by atoms with Gasteiger partial charge in [-0.2, -0.15) is 0 Å². The van der Waals surface area contributed by atoms with Crippen molar-refractivity contribution in [2.24, 2.45) is 4.99 Å². The Morgan fingerprint density at radius 2 is 1.69 bits per heavy atom. The summed E-state index contributed by atoms with van der Waals surface area (Å²) < 4.78 is 11.5. The van der Waals surface area contributed by atoms with Gasteiger partial charge < -0.3 is 9.47 Å². The molecule has 0 unspecified atom stereocenters. The lowest BCUT2D eigenvalue weighted by molar-refractivity contribution is 0.100. The molecule has 4 rings (SSSR count). The second-order valence-corrected chi connectivity index (χ2v) is 7.22. The minimum atomic E-state index is -0.0619. The molecule has 0 saturated heterocycles. The van der Waals surface area contributed by atoms with Gasteiger partial charge in [0.25, 0.3) is 0 Å². The lowest BCUT2D eigenvalue weighted by atomic mass is 9.93. The third-order valence-electron chi connectivity index (χ3n) is 4.48. The lowest BCUT2D eigenvalue weighted by Crippen LogP contribution is -2.17. The van der Waals surface area contributed by atoms with Crippen LogP contribution in [-0.4, -0.2) is 31.3 Å². The van der Waals surface area contributed by atoms with E-state index in [-0.39, 0.29) is 12.2 Å². The van der Waals surface area contributed by atoms with Gasteiger partial charge in [-0.25, -0.2) is 0 Å². The Morgan fingerprint density at radius 3 is 2.42 bits per heavy atom. The number of fused-ring (bicyclic) bond motifs is 2. The van der Waals surface area contributed by atoms with Crippen LogP contribution in [0.1, 0.15) is 34.3 Å². The van der Waals surface area contributed by atoms with Crippen LogP contribution in [-0.2, 0) is 6.42 Å². The van der Waals surface area contributed by atoms with E-state index in [9.17, 15) is 4.79 Å². The van der Waals surface area contributed by atoms with Crippen molar-refractivity contribution >= 4 is 34.7 Å². The van der Waals surface area contributed by atoms with Gasteiger partial charge in [-0.3, -0.25) is 9.79 Å². The highest BCUT2D eigenvalue weighted by molar-refractivity contribution is 6.35. The summed E-state index contributed by atoms with van der Waals surface area (Å²) >= 11 is 12.0. The average Bonchev–Trinajstić information content (AvgIpc) is 2.84. The third kappa shape index (κ3) is 3.57. The molecule has 2 aromatic carbocycles.